The Balaban J connectivity index is 1.52. The van der Waals surface area contributed by atoms with E-state index in [1.54, 1.807) is 7.11 Å². The zero-order valence-electron chi connectivity index (χ0n) is 23.3. The van der Waals surface area contributed by atoms with Gasteiger partial charge in [0.1, 0.15) is 6.79 Å². The summed E-state index contributed by atoms with van der Waals surface area (Å²) in [6.07, 6.45) is 10.9. The molecule has 0 bridgehead atoms. The topological polar surface area (TPSA) is 65.0 Å². The van der Waals surface area contributed by atoms with Crippen molar-refractivity contribution in [1.29, 1.82) is 0 Å². The van der Waals surface area contributed by atoms with Crippen molar-refractivity contribution in [2.75, 3.05) is 20.5 Å². The third kappa shape index (κ3) is 4.83. The van der Waals surface area contributed by atoms with Crippen LogP contribution in [-0.2, 0) is 19.0 Å². The number of aliphatic hydroxyl groups excluding tert-OH is 1. The molecule has 4 aliphatic carbocycles. The third-order valence-electron chi connectivity index (χ3n) is 11.7. The summed E-state index contributed by atoms with van der Waals surface area (Å²) in [7, 11) is 1.70. The highest BCUT2D eigenvalue weighted by Gasteiger charge is 2.64. The molecule has 0 aromatic rings. The van der Waals surface area contributed by atoms with E-state index in [1.807, 2.05) is 6.92 Å². The van der Waals surface area contributed by atoms with Crippen LogP contribution in [0.3, 0.4) is 0 Å². The first-order valence-corrected chi connectivity index (χ1v) is 14.6. The van der Waals surface area contributed by atoms with Gasteiger partial charge in [0.05, 0.1) is 18.8 Å². The van der Waals surface area contributed by atoms with E-state index in [-0.39, 0.29) is 23.6 Å². The van der Waals surface area contributed by atoms with Crippen LogP contribution in [0.5, 0.6) is 0 Å². The van der Waals surface area contributed by atoms with E-state index in [1.165, 1.54) is 32.1 Å². The van der Waals surface area contributed by atoms with Crippen molar-refractivity contribution in [3.8, 4) is 0 Å². The number of carbonyl (C=O) groups excluding carboxylic acids is 1. The maximum atomic E-state index is 12.0. The van der Waals surface area contributed by atoms with Crippen LogP contribution >= 0.6 is 0 Å². The number of hydrogen-bond donors (Lipinski definition) is 1. The lowest BCUT2D eigenvalue weighted by molar-refractivity contribution is -0.212. The Morgan fingerprint density at radius 1 is 1.03 bits per heavy atom. The lowest BCUT2D eigenvalue weighted by atomic mass is 9.41. The highest BCUT2D eigenvalue weighted by Crippen LogP contribution is 2.69. The molecule has 0 aromatic carbocycles. The Morgan fingerprint density at radius 3 is 2.43 bits per heavy atom. The molecule has 0 heterocycles. The molecule has 4 rings (SSSR count). The molecule has 202 valence electrons. The Hall–Kier alpha value is -0.650. The van der Waals surface area contributed by atoms with Gasteiger partial charge in [-0.15, -0.1) is 0 Å². The molecule has 0 aromatic heterocycles. The Labute approximate surface area is 214 Å². The average Bonchev–Trinajstić information content (AvgIpc) is 3.19. The molecule has 35 heavy (non-hydrogen) atoms. The summed E-state index contributed by atoms with van der Waals surface area (Å²) in [5.74, 6) is 3.62. The Morgan fingerprint density at radius 2 is 1.74 bits per heavy atom. The van der Waals surface area contributed by atoms with E-state index >= 15 is 0 Å². The largest absolute Gasteiger partial charge is 0.466 e. The quantitative estimate of drug-likeness (QED) is 0.306. The number of ether oxygens (including phenoxy) is 3. The number of hydrogen-bond acceptors (Lipinski definition) is 5. The second-order valence-corrected chi connectivity index (χ2v) is 13.0. The summed E-state index contributed by atoms with van der Waals surface area (Å²) in [6, 6.07) is 0. The van der Waals surface area contributed by atoms with E-state index in [0.29, 0.717) is 66.7 Å². The minimum atomic E-state index is -0.206. The molecule has 4 fully saturated rings. The van der Waals surface area contributed by atoms with Crippen LogP contribution in [0.4, 0.5) is 0 Å². The maximum absolute atomic E-state index is 12.0. The summed E-state index contributed by atoms with van der Waals surface area (Å²) < 4.78 is 16.4. The van der Waals surface area contributed by atoms with Gasteiger partial charge in [0.15, 0.2) is 0 Å². The second kappa shape index (κ2) is 11.0. The first-order valence-electron chi connectivity index (χ1n) is 14.6. The normalized spacial score (nSPS) is 45.8. The first-order chi connectivity index (χ1) is 16.7. The molecule has 11 atom stereocenters. The predicted octanol–water partition coefficient (Wildman–Crippen LogP) is 6.22. The molecule has 0 aliphatic heterocycles. The second-order valence-electron chi connectivity index (χ2n) is 13.0. The van der Waals surface area contributed by atoms with Gasteiger partial charge in [0.25, 0.3) is 0 Å². The van der Waals surface area contributed by atoms with Crippen LogP contribution in [0, 0.1) is 52.3 Å². The van der Waals surface area contributed by atoms with Crippen molar-refractivity contribution in [2.24, 2.45) is 52.3 Å². The minimum absolute atomic E-state index is 0.0553. The fourth-order valence-corrected chi connectivity index (χ4v) is 10.0. The molecule has 0 radical (unpaired) electrons. The van der Waals surface area contributed by atoms with Gasteiger partial charge in [-0.25, -0.2) is 0 Å². The SMILES string of the molecule is CCOC(=O)CC[C@@H](C)C1CCC2C3C(O)[C@H](CC)C4C[C@H](OCOC)CC[C@]4(C)C3CC[C@@]21C. The van der Waals surface area contributed by atoms with Gasteiger partial charge in [0.2, 0.25) is 0 Å². The molecule has 0 spiro atoms. The molecular weight excluding hydrogens is 440 g/mol. The molecule has 0 saturated heterocycles. The van der Waals surface area contributed by atoms with Gasteiger partial charge in [0, 0.05) is 13.5 Å². The van der Waals surface area contributed by atoms with Gasteiger partial charge in [-0.2, -0.15) is 0 Å². The lowest BCUT2D eigenvalue weighted by Crippen LogP contribution is -2.62. The zero-order chi connectivity index (χ0) is 25.4. The van der Waals surface area contributed by atoms with Crippen LogP contribution < -0.4 is 0 Å². The van der Waals surface area contributed by atoms with Crippen molar-refractivity contribution >= 4 is 5.97 Å². The summed E-state index contributed by atoms with van der Waals surface area (Å²) in [4.78, 5) is 12.0. The number of rotatable bonds is 9. The lowest BCUT2D eigenvalue weighted by Gasteiger charge is -2.65. The molecule has 1 N–H and O–H groups in total. The average molecular weight is 493 g/mol. The van der Waals surface area contributed by atoms with Crippen molar-refractivity contribution in [3.05, 3.63) is 0 Å². The molecular formula is C30H52O5. The van der Waals surface area contributed by atoms with Crippen molar-refractivity contribution in [2.45, 2.75) is 111 Å². The summed E-state index contributed by atoms with van der Waals surface area (Å²) in [5.41, 5.74) is 0.572. The van der Waals surface area contributed by atoms with Gasteiger partial charge < -0.3 is 19.3 Å². The van der Waals surface area contributed by atoms with Gasteiger partial charge >= 0.3 is 5.97 Å². The number of fused-ring (bicyclic) bond motifs is 5. The van der Waals surface area contributed by atoms with Gasteiger partial charge in [-0.05, 0) is 111 Å². The van der Waals surface area contributed by atoms with Crippen molar-refractivity contribution < 1.29 is 24.1 Å². The molecule has 6 unspecified atom stereocenters. The van der Waals surface area contributed by atoms with Gasteiger partial charge in [-0.1, -0.05) is 34.1 Å². The standard InChI is InChI=1S/C30H52O5/c1-7-21-25-17-20(35-18-33-6)13-15-30(25,5)24-14-16-29(4)22(10-11-23(29)27(24)28(21)32)19(3)9-12-26(31)34-8-2/h19-25,27-28,32H,7-18H2,1-6H3/t19-,20-,21-,22?,23?,24?,25?,27?,28?,29-,30-/m1/s1. The van der Waals surface area contributed by atoms with E-state index in [2.05, 4.69) is 27.7 Å². The smallest absolute Gasteiger partial charge is 0.305 e. The third-order valence-corrected chi connectivity index (χ3v) is 11.7. The van der Waals surface area contributed by atoms with Crippen LogP contribution in [0.15, 0.2) is 0 Å². The van der Waals surface area contributed by atoms with Crippen molar-refractivity contribution in [3.63, 3.8) is 0 Å². The molecule has 5 nitrogen and oxygen atoms in total. The van der Waals surface area contributed by atoms with E-state index < -0.39 is 0 Å². The predicted molar refractivity (Wildman–Crippen MR) is 138 cm³/mol. The maximum Gasteiger partial charge on any atom is 0.305 e. The van der Waals surface area contributed by atoms with Crippen LogP contribution in [0.25, 0.3) is 0 Å². The highest BCUT2D eigenvalue weighted by molar-refractivity contribution is 5.69. The van der Waals surface area contributed by atoms with Crippen LogP contribution in [0.1, 0.15) is 98.8 Å². The van der Waals surface area contributed by atoms with E-state index in [4.69, 9.17) is 14.2 Å². The van der Waals surface area contributed by atoms with Crippen molar-refractivity contribution in [1.82, 2.24) is 0 Å². The summed E-state index contributed by atoms with van der Waals surface area (Å²) in [6.45, 7) is 12.5. The number of aliphatic hydroxyl groups is 1. The first kappa shape index (κ1) is 27.4. The highest BCUT2D eigenvalue weighted by atomic mass is 16.7. The summed E-state index contributed by atoms with van der Waals surface area (Å²) in [5, 5.41) is 12.0. The number of carbonyl (C=O) groups is 1. The Kier molecular flexibility index (Phi) is 8.60. The van der Waals surface area contributed by atoms with E-state index in [0.717, 1.165) is 25.7 Å². The summed E-state index contributed by atoms with van der Waals surface area (Å²) >= 11 is 0. The number of esters is 1. The van der Waals surface area contributed by atoms with Gasteiger partial charge in [-0.3, -0.25) is 4.79 Å². The fourth-order valence-electron chi connectivity index (χ4n) is 10.0. The zero-order valence-corrected chi connectivity index (χ0v) is 23.3. The molecule has 4 aliphatic rings. The van der Waals surface area contributed by atoms with Crippen LogP contribution in [-0.4, -0.2) is 43.8 Å². The molecule has 5 heteroatoms. The Bertz CT molecular complexity index is 726. The minimum Gasteiger partial charge on any atom is -0.466 e. The van der Waals surface area contributed by atoms with E-state index in [9.17, 15) is 9.90 Å². The molecule has 0 amide bonds. The monoisotopic (exact) mass is 492 g/mol. The number of methoxy groups -OCH3 is 1. The molecule has 4 saturated carbocycles. The fraction of sp³-hybridized carbons (Fsp3) is 0.967. The van der Waals surface area contributed by atoms with Crippen LogP contribution in [0.2, 0.25) is 0 Å².